The van der Waals surface area contributed by atoms with Crippen LogP contribution in [0.2, 0.25) is 0 Å². The lowest BCUT2D eigenvalue weighted by molar-refractivity contribution is -0.139. The topological polar surface area (TPSA) is 70.1 Å². The number of methoxy groups -OCH3 is 1. The molecule has 0 saturated heterocycles. The van der Waals surface area contributed by atoms with Crippen molar-refractivity contribution < 1.29 is 19.4 Å². The maximum Gasteiger partial charge on any atom is 0.317 e. The zero-order chi connectivity index (χ0) is 14.7. The molecule has 0 atom stereocenters. The molecule has 0 heterocycles. The molecule has 0 unspecified atom stereocenters. The molecule has 0 aromatic carbocycles. The summed E-state index contributed by atoms with van der Waals surface area (Å²) in [6, 6.07) is 0. The number of nitrogens with zero attached hydrogens (tertiary/aromatic N) is 2. The smallest absolute Gasteiger partial charge is 0.317 e. The molecule has 19 heavy (non-hydrogen) atoms. The third-order valence-corrected chi connectivity index (χ3v) is 2.38. The fourth-order valence-corrected chi connectivity index (χ4v) is 1.51. The fraction of sp³-hybridized carbons (Fsp3) is 0.538. The maximum absolute atomic E-state index is 12.0. The van der Waals surface area contributed by atoms with Gasteiger partial charge >= 0.3 is 5.97 Å². The van der Waals surface area contributed by atoms with E-state index < -0.39 is 5.97 Å². The number of hydrogen-bond donors (Lipinski definition) is 1. The Hall–Kier alpha value is -1.66. The van der Waals surface area contributed by atoms with Crippen LogP contribution in [0, 0.1) is 0 Å². The van der Waals surface area contributed by atoms with Crippen molar-refractivity contribution in [3.05, 3.63) is 25.3 Å². The van der Waals surface area contributed by atoms with E-state index in [0.29, 0.717) is 26.2 Å². The van der Waals surface area contributed by atoms with E-state index in [1.807, 2.05) is 0 Å². The number of amides is 1. The van der Waals surface area contributed by atoms with Gasteiger partial charge in [-0.1, -0.05) is 12.2 Å². The van der Waals surface area contributed by atoms with E-state index in [-0.39, 0.29) is 19.0 Å². The molecule has 6 heteroatoms. The highest BCUT2D eigenvalue weighted by molar-refractivity contribution is 5.79. The summed E-state index contributed by atoms with van der Waals surface area (Å²) < 4.78 is 4.90. The molecule has 108 valence electrons. The Morgan fingerprint density at radius 1 is 1.21 bits per heavy atom. The van der Waals surface area contributed by atoms with E-state index in [1.54, 1.807) is 17.1 Å². The Balaban J connectivity index is 4.50. The number of carbonyl (C=O) groups excluding carboxylic acids is 1. The van der Waals surface area contributed by atoms with Crippen molar-refractivity contribution in [3.63, 3.8) is 0 Å². The quantitative estimate of drug-likeness (QED) is 0.544. The van der Waals surface area contributed by atoms with Crippen LogP contribution in [0.1, 0.15) is 0 Å². The second kappa shape index (κ2) is 10.3. The van der Waals surface area contributed by atoms with Crippen molar-refractivity contribution in [1.82, 2.24) is 9.80 Å². The Morgan fingerprint density at radius 2 is 1.79 bits per heavy atom. The molecule has 0 aromatic heterocycles. The molecule has 0 bridgehead atoms. The second-order valence-corrected chi connectivity index (χ2v) is 3.97. The van der Waals surface area contributed by atoms with Gasteiger partial charge in [-0.15, -0.1) is 13.2 Å². The first-order chi connectivity index (χ1) is 9.04. The molecule has 1 N–H and O–H groups in total. The van der Waals surface area contributed by atoms with Gasteiger partial charge in [-0.3, -0.25) is 14.5 Å². The number of carboxylic acid groups (broad SMARTS) is 1. The van der Waals surface area contributed by atoms with Gasteiger partial charge < -0.3 is 14.7 Å². The average Bonchev–Trinajstić information content (AvgIpc) is 2.35. The summed E-state index contributed by atoms with van der Waals surface area (Å²) in [7, 11) is 1.53. The van der Waals surface area contributed by atoms with Gasteiger partial charge in [0.25, 0.3) is 0 Å². The van der Waals surface area contributed by atoms with Crippen LogP contribution in [0.25, 0.3) is 0 Å². The largest absolute Gasteiger partial charge is 0.480 e. The van der Waals surface area contributed by atoms with Crippen LogP contribution in [0.4, 0.5) is 0 Å². The van der Waals surface area contributed by atoms with E-state index in [2.05, 4.69) is 13.2 Å². The molecule has 1 amide bonds. The Bertz CT molecular complexity index is 308. The summed E-state index contributed by atoms with van der Waals surface area (Å²) >= 11 is 0. The van der Waals surface area contributed by atoms with Gasteiger partial charge in [-0.05, 0) is 0 Å². The lowest BCUT2D eigenvalue weighted by atomic mass is 10.3. The van der Waals surface area contributed by atoms with Crippen LogP contribution in [-0.4, -0.2) is 73.2 Å². The van der Waals surface area contributed by atoms with Gasteiger partial charge in [0, 0.05) is 26.7 Å². The van der Waals surface area contributed by atoms with Gasteiger partial charge in [0.05, 0.1) is 19.7 Å². The molecule has 0 fully saturated rings. The number of carboxylic acids is 1. The van der Waals surface area contributed by atoms with Crippen LogP contribution in [0.15, 0.2) is 25.3 Å². The highest BCUT2D eigenvalue weighted by Gasteiger charge is 2.17. The third kappa shape index (κ3) is 8.12. The molecule has 0 aliphatic heterocycles. The minimum absolute atomic E-state index is 0.0390. The molecular weight excluding hydrogens is 248 g/mol. The lowest BCUT2D eigenvalue weighted by Gasteiger charge is -2.24. The lowest BCUT2D eigenvalue weighted by Crippen LogP contribution is -2.43. The number of aliphatic carboxylic acids is 1. The van der Waals surface area contributed by atoms with Gasteiger partial charge in [0.2, 0.25) is 5.91 Å². The summed E-state index contributed by atoms with van der Waals surface area (Å²) in [6.07, 6.45) is 3.25. The highest BCUT2D eigenvalue weighted by Crippen LogP contribution is 1.96. The predicted molar refractivity (Wildman–Crippen MR) is 72.9 cm³/mol. The Labute approximate surface area is 113 Å². The molecule has 6 nitrogen and oxygen atoms in total. The molecule has 0 spiro atoms. The third-order valence-electron chi connectivity index (χ3n) is 2.38. The molecule has 0 aliphatic carbocycles. The first-order valence-electron chi connectivity index (χ1n) is 5.97. The van der Waals surface area contributed by atoms with Crippen molar-refractivity contribution in [2.45, 2.75) is 0 Å². The number of carbonyl (C=O) groups is 2. The summed E-state index contributed by atoms with van der Waals surface area (Å²) in [6.45, 7) is 8.62. The molecule has 0 aromatic rings. The van der Waals surface area contributed by atoms with Crippen molar-refractivity contribution >= 4 is 11.9 Å². The average molecular weight is 270 g/mol. The van der Waals surface area contributed by atoms with Crippen molar-refractivity contribution in [2.75, 3.05) is 46.4 Å². The number of rotatable bonds is 11. The normalized spacial score (nSPS) is 10.2. The zero-order valence-corrected chi connectivity index (χ0v) is 11.4. The molecule has 0 rings (SSSR count). The van der Waals surface area contributed by atoms with Crippen molar-refractivity contribution in [3.8, 4) is 0 Å². The first kappa shape index (κ1) is 17.3. The first-order valence-corrected chi connectivity index (χ1v) is 5.97. The van der Waals surface area contributed by atoms with Crippen LogP contribution in [0.3, 0.4) is 0 Å². The van der Waals surface area contributed by atoms with Crippen LogP contribution >= 0.6 is 0 Å². The van der Waals surface area contributed by atoms with Gasteiger partial charge in [-0.2, -0.15) is 0 Å². The van der Waals surface area contributed by atoms with E-state index in [1.165, 1.54) is 12.0 Å². The van der Waals surface area contributed by atoms with E-state index in [4.69, 9.17) is 9.84 Å². The summed E-state index contributed by atoms with van der Waals surface area (Å²) in [4.78, 5) is 25.9. The summed E-state index contributed by atoms with van der Waals surface area (Å²) in [5.74, 6) is -1.12. The van der Waals surface area contributed by atoms with Crippen molar-refractivity contribution in [2.24, 2.45) is 0 Å². The fourth-order valence-electron chi connectivity index (χ4n) is 1.51. The predicted octanol–water partition coefficient (Wildman–Crippen LogP) is 0.220. The number of hydrogen-bond acceptors (Lipinski definition) is 4. The molecule has 0 radical (unpaired) electrons. The van der Waals surface area contributed by atoms with E-state index >= 15 is 0 Å². The monoisotopic (exact) mass is 270 g/mol. The summed E-state index contributed by atoms with van der Waals surface area (Å²) in [5, 5.41) is 8.80. The van der Waals surface area contributed by atoms with Gasteiger partial charge in [0.15, 0.2) is 0 Å². The second-order valence-electron chi connectivity index (χ2n) is 3.97. The minimum Gasteiger partial charge on any atom is -0.480 e. The SMILES string of the molecule is C=CCN(CC=C)C(=O)CN(CCOC)CC(=O)O. The maximum atomic E-state index is 12.0. The van der Waals surface area contributed by atoms with Gasteiger partial charge in [-0.25, -0.2) is 0 Å². The van der Waals surface area contributed by atoms with Crippen LogP contribution < -0.4 is 0 Å². The van der Waals surface area contributed by atoms with Gasteiger partial charge in [0.1, 0.15) is 0 Å². The van der Waals surface area contributed by atoms with E-state index in [9.17, 15) is 9.59 Å². The zero-order valence-electron chi connectivity index (χ0n) is 11.4. The Morgan fingerprint density at radius 3 is 2.21 bits per heavy atom. The van der Waals surface area contributed by atoms with E-state index in [0.717, 1.165) is 0 Å². The minimum atomic E-state index is -0.970. The van der Waals surface area contributed by atoms with Crippen LogP contribution in [-0.2, 0) is 14.3 Å². The number of ether oxygens (including phenoxy) is 1. The van der Waals surface area contributed by atoms with Crippen molar-refractivity contribution in [1.29, 1.82) is 0 Å². The molecule has 0 saturated carbocycles. The highest BCUT2D eigenvalue weighted by atomic mass is 16.5. The van der Waals surface area contributed by atoms with Crippen LogP contribution in [0.5, 0.6) is 0 Å². The molecule has 0 aliphatic rings. The Kier molecular flexibility index (Phi) is 9.38. The standard InChI is InChI=1S/C13H22N2O4/c1-4-6-15(7-5-2)12(16)10-14(8-9-19-3)11-13(17)18/h4-5H,1-2,6-11H2,3H3,(H,17,18). The molecular formula is C13H22N2O4. The summed E-state index contributed by atoms with van der Waals surface area (Å²) in [5.41, 5.74) is 0.